The average molecular weight is 308 g/mol. The van der Waals surface area contributed by atoms with Crippen molar-refractivity contribution >= 4 is 11.8 Å². The molecule has 3 saturated heterocycles. The summed E-state index contributed by atoms with van der Waals surface area (Å²) in [5, 5.41) is 6.55. The Hall–Kier alpha value is -1.14. The summed E-state index contributed by atoms with van der Waals surface area (Å²) in [7, 11) is 0. The SMILES string of the molecule is CCC1(C(=O)N2CCCC(N3CCNCC3=O)C2)CCCN1. The molecule has 0 aromatic heterocycles. The Balaban J connectivity index is 1.67. The Bertz CT molecular complexity index is 434. The van der Waals surface area contributed by atoms with Crippen molar-refractivity contribution in [3.05, 3.63) is 0 Å². The van der Waals surface area contributed by atoms with Gasteiger partial charge >= 0.3 is 0 Å². The number of amides is 2. The van der Waals surface area contributed by atoms with Gasteiger partial charge in [-0.25, -0.2) is 0 Å². The predicted octanol–water partition coefficient (Wildman–Crippen LogP) is -0.0586. The molecule has 3 aliphatic heterocycles. The predicted molar refractivity (Wildman–Crippen MR) is 84.4 cm³/mol. The molecule has 0 aromatic rings. The second-order valence-corrected chi connectivity index (χ2v) is 6.78. The molecule has 0 spiro atoms. The molecule has 2 atom stereocenters. The molecule has 22 heavy (non-hydrogen) atoms. The highest BCUT2D eigenvalue weighted by Crippen LogP contribution is 2.28. The number of nitrogens with zero attached hydrogens (tertiary/aromatic N) is 2. The Morgan fingerprint density at radius 2 is 2.18 bits per heavy atom. The number of likely N-dealkylation sites (tertiary alicyclic amines) is 1. The molecule has 2 N–H and O–H groups in total. The Morgan fingerprint density at radius 1 is 1.32 bits per heavy atom. The fourth-order valence-corrected chi connectivity index (χ4v) is 4.15. The molecule has 0 radical (unpaired) electrons. The van der Waals surface area contributed by atoms with Gasteiger partial charge in [0, 0.05) is 32.2 Å². The van der Waals surface area contributed by atoms with Gasteiger partial charge in [-0.05, 0) is 38.6 Å². The van der Waals surface area contributed by atoms with E-state index in [0.717, 1.165) is 58.3 Å². The monoisotopic (exact) mass is 308 g/mol. The molecule has 6 heteroatoms. The van der Waals surface area contributed by atoms with Crippen molar-refractivity contribution in [2.24, 2.45) is 0 Å². The second kappa shape index (κ2) is 6.54. The van der Waals surface area contributed by atoms with Crippen LogP contribution < -0.4 is 10.6 Å². The smallest absolute Gasteiger partial charge is 0.242 e. The van der Waals surface area contributed by atoms with Crippen molar-refractivity contribution in [1.82, 2.24) is 20.4 Å². The first-order valence-corrected chi connectivity index (χ1v) is 8.71. The minimum absolute atomic E-state index is 0.176. The third-order valence-electron chi connectivity index (χ3n) is 5.51. The molecule has 0 saturated carbocycles. The first-order chi connectivity index (χ1) is 10.7. The highest BCUT2D eigenvalue weighted by molar-refractivity contribution is 5.87. The number of nitrogens with one attached hydrogen (secondary N) is 2. The molecule has 3 heterocycles. The molecule has 2 amide bonds. The van der Waals surface area contributed by atoms with Crippen LogP contribution in [0, 0.1) is 0 Å². The van der Waals surface area contributed by atoms with E-state index in [9.17, 15) is 9.59 Å². The quantitative estimate of drug-likeness (QED) is 0.767. The zero-order valence-electron chi connectivity index (χ0n) is 13.6. The maximum atomic E-state index is 13.0. The summed E-state index contributed by atoms with van der Waals surface area (Å²) in [5.74, 6) is 0.425. The maximum Gasteiger partial charge on any atom is 0.242 e. The van der Waals surface area contributed by atoms with Gasteiger partial charge in [-0.1, -0.05) is 6.92 Å². The summed E-state index contributed by atoms with van der Waals surface area (Å²) in [6.07, 6.45) is 4.87. The van der Waals surface area contributed by atoms with E-state index in [2.05, 4.69) is 17.6 Å². The van der Waals surface area contributed by atoms with Crippen molar-refractivity contribution in [1.29, 1.82) is 0 Å². The van der Waals surface area contributed by atoms with E-state index in [1.54, 1.807) is 0 Å². The molecule has 3 fully saturated rings. The van der Waals surface area contributed by atoms with E-state index < -0.39 is 0 Å². The molecule has 0 aliphatic carbocycles. The van der Waals surface area contributed by atoms with Crippen molar-refractivity contribution in [3.63, 3.8) is 0 Å². The Morgan fingerprint density at radius 3 is 2.86 bits per heavy atom. The fourth-order valence-electron chi connectivity index (χ4n) is 4.15. The summed E-state index contributed by atoms with van der Waals surface area (Å²) in [5.41, 5.74) is -0.352. The zero-order chi connectivity index (χ0) is 15.6. The summed E-state index contributed by atoms with van der Waals surface area (Å²) in [6, 6.07) is 0.197. The van der Waals surface area contributed by atoms with E-state index in [0.29, 0.717) is 13.1 Å². The van der Waals surface area contributed by atoms with Crippen molar-refractivity contribution in [2.45, 2.75) is 50.6 Å². The van der Waals surface area contributed by atoms with Gasteiger partial charge in [-0.15, -0.1) is 0 Å². The van der Waals surface area contributed by atoms with Crippen LogP contribution in [0.4, 0.5) is 0 Å². The van der Waals surface area contributed by atoms with E-state index in [1.165, 1.54) is 0 Å². The van der Waals surface area contributed by atoms with E-state index in [-0.39, 0.29) is 23.4 Å². The average Bonchev–Trinajstić information content (AvgIpc) is 3.05. The van der Waals surface area contributed by atoms with Crippen LogP contribution in [-0.4, -0.2) is 72.5 Å². The molecule has 6 nitrogen and oxygen atoms in total. The molecular weight excluding hydrogens is 280 g/mol. The number of hydrogen-bond donors (Lipinski definition) is 2. The minimum Gasteiger partial charge on any atom is -0.339 e. The van der Waals surface area contributed by atoms with Gasteiger partial charge in [0.05, 0.1) is 12.1 Å². The Kier molecular flexibility index (Phi) is 4.68. The fraction of sp³-hybridized carbons (Fsp3) is 0.875. The van der Waals surface area contributed by atoms with Gasteiger partial charge < -0.3 is 20.4 Å². The molecule has 124 valence electrons. The third-order valence-corrected chi connectivity index (χ3v) is 5.51. The third kappa shape index (κ3) is 2.86. The largest absolute Gasteiger partial charge is 0.339 e. The summed E-state index contributed by atoms with van der Waals surface area (Å²) in [6.45, 7) is 6.63. The van der Waals surface area contributed by atoms with Crippen LogP contribution in [0.1, 0.15) is 39.0 Å². The summed E-state index contributed by atoms with van der Waals surface area (Å²) >= 11 is 0. The minimum atomic E-state index is -0.352. The second-order valence-electron chi connectivity index (χ2n) is 6.78. The highest BCUT2D eigenvalue weighted by Gasteiger charge is 2.43. The van der Waals surface area contributed by atoms with Crippen LogP contribution in [0.3, 0.4) is 0 Å². The van der Waals surface area contributed by atoms with E-state index in [4.69, 9.17) is 0 Å². The molecule has 0 aromatic carbocycles. The number of rotatable bonds is 3. The molecule has 3 aliphatic rings. The lowest BCUT2D eigenvalue weighted by Crippen LogP contribution is -2.61. The molecule has 0 bridgehead atoms. The number of hydrogen-bond acceptors (Lipinski definition) is 4. The topological polar surface area (TPSA) is 64.7 Å². The van der Waals surface area contributed by atoms with Crippen LogP contribution in [0.2, 0.25) is 0 Å². The van der Waals surface area contributed by atoms with Crippen LogP contribution in [0.5, 0.6) is 0 Å². The van der Waals surface area contributed by atoms with E-state index in [1.807, 2.05) is 9.80 Å². The van der Waals surface area contributed by atoms with Crippen molar-refractivity contribution < 1.29 is 9.59 Å². The van der Waals surface area contributed by atoms with Gasteiger partial charge in [-0.3, -0.25) is 9.59 Å². The molecular formula is C16H28N4O2. The standard InChI is InChI=1S/C16H28N4O2/c1-2-16(6-4-7-18-16)15(22)19-9-3-5-13(12-19)20-10-8-17-11-14(20)21/h13,17-18H,2-12H2,1H3. The van der Waals surface area contributed by atoms with Crippen LogP contribution in [0.25, 0.3) is 0 Å². The highest BCUT2D eigenvalue weighted by atomic mass is 16.2. The molecule has 2 unspecified atom stereocenters. The van der Waals surface area contributed by atoms with Crippen LogP contribution in [0.15, 0.2) is 0 Å². The summed E-state index contributed by atoms with van der Waals surface area (Å²) in [4.78, 5) is 29.1. The first-order valence-electron chi connectivity index (χ1n) is 8.71. The lowest BCUT2D eigenvalue weighted by molar-refractivity contribution is -0.144. The lowest BCUT2D eigenvalue weighted by Gasteiger charge is -2.43. The number of carbonyl (C=O) groups is 2. The zero-order valence-corrected chi connectivity index (χ0v) is 13.6. The maximum absolute atomic E-state index is 13.0. The normalized spacial score (nSPS) is 33.3. The van der Waals surface area contributed by atoms with E-state index >= 15 is 0 Å². The van der Waals surface area contributed by atoms with Gasteiger partial charge in [0.2, 0.25) is 11.8 Å². The summed E-state index contributed by atoms with van der Waals surface area (Å²) < 4.78 is 0. The number of carbonyl (C=O) groups excluding carboxylic acids is 2. The van der Waals surface area contributed by atoms with Gasteiger partial charge in [0.15, 0.2) is 0 Å². The first kappa shape index (κ1) is 15.7. The Labute approximate surface area is 132 Å². The van der Waals surface area contributed by atoms with Crippen molar-refractivity contribution in [3.8, 4) is 0 Å². The van der Waals surface area contributed by atoms with Gasteiger partial charge in [0.1, 0.15) is 0 Å². The number of piperazine rings is 1. The van der Waals surface area contributed by atoms with Gasteiger partial charge in [-0.2, -0.15) is 0 Å². The lowest BCUT2D eigenvalue weighted by atomic mass is 9.91. The van der Waals surface area contributed by atoms with Crippen molar-refractivity contribution in [2.75, 3.05) is 39.3 Å². The molecule has 3 rings (SSSR count). The van der Waals surface area contributed by atoms with Gasteiger partial charge in [0.25, 0.3) is 0 Å². The van der Waals surface area contributed by atoms with Crippen LogP contribution >= 0.6 is 0 Å². The van der Waals surface area contributed by atoms with Crippen LogP contribution in [-0.2, 0) is 9.59 Å². The number of piperidine rings is 1.